The number of halogens is 4. The first-order chi connectivity index (χ1) is 15.6. The maximum absolute atomic E-state index is 13.3. The van der Waals surface area contributed by atoms with Crippen molar-refractivity contribution in [2.45, 2.75) is 25.9 Å². The van der Waals surface area contributed by atoms with E-state index in [1.807, 2.05) is 0 Å². The third kappa shape index (κ3) is 5.03. The van der Waals surface area contributed by atoms with Crippen LogP contribution in [0.15, 0.2) is 42.5 Å². The number of fused-ring (bicyclic) bond motifs is 1. The molecule has 0 spiro atoms. The number of rotatable bonds is 7. The van der Waals surface area contributed by atoms with Crippen LogP contribution in [-0.4, -0.2) is 35.9 Å². The summed E-state index contributed by atoms with van der Waals surface area (Å²) >= 11 is 5.87. The summed E-state index contributed by atoms with van der Waals surface area (Å²) in [5, 5.41) is 0.459. The average molecular weight is 482 g/mol. The summed E-state index contributed by atoms with van der Waals surface area (Å²) in [6.45, 7) is 2.95. The number of nitrogens with one attached hydrogen (secondary N) is 1. The molecule has 0 atom stereocenters. The number of ketones is 1. The molecule has 0 aliphatic carbocycles. The predicted octanol–water partition coefficient (Wildman–Crippen LogP) is 5.28. The number of aromatic amines is 1. The Hall–Kier alpha value is -3.33. The van der Waals surface area contributed by atoms with Gasteiger partial charge in [-0.05, 0) is 50.2 Å². The molecule has 0 aliphatic heterocycles. The number of carbonyl (C=O) groups excluding carboxylic acids is 3. The molecule has 0 saturated carbocycles. The van der Waals surface area contributed by atoms with Crippen molar-refractivity contribution in [3.8, 4) is 0 Å². The normalized spacial score (nSPS) is 11.6. The Bertz CT molecular complexity index is 1180. The number of alkyl halides is 3. The van der Waals surface area contributed by atoms with Gasteiger partial charge in [0.2, 0.25) is 5.78 Å². The van der Waals surface area contributed by atoms with Gasteiger partial charge in [0.05, 0.1) is 24.5 Å². The Morgan fingerprint density at radius 2 is 1.55 bits per heavy atom. The highest BCUT2D eigenvalue weighted by Crippen LogP contribution is 2.37. The second-order valence-electron chi connectivity index (χ2n) is 6.94. The lowest BCUT2D eigenvalue weighted by Gasteiger charge is -2.16. The molecule has 0 fully saturated rings. The van der Waals surface area contributed by atoms with Crippen molar-refractivity contribution in [3.05, 3.63) is 69.9 Å². The zero-order valence-electron chi connectivity index (χ0n) is 17.6. The molecule has 1 aromatic heterocycles. The fourth-order valence-electron chi connectivity index (χ4n) is 3.40. The van der Waals surface area contributed by atoms with Gasteiger partial charge < -0.3 is 14.5 Å². The summed E-state index contributed by atoms with van der Waals surface area (Å²) in [5.74, 6) is -4.30. The molecule has 1 heterocycles. The van der Waals surface area contributed by atoms with Crippen molar-refractivity contribution < 1.29 is 37.0 Å². The van der Waals surface area contributed by atoms with E-state index in [1.54, 1.807) is 0 Å². The van der Waals surface area contributed by atoms with Crippen LogP contribution in [0.2, 0.25) is 5.02 Å². The minimum Gasteiger partial charge on any atom is -0.465 e. The smallest absolute Gasteiger partial charge is 0.416 e. The number of hydrogen-bond donors (Lipinski definition) is 1. The van der Waals surface area contributed by atoms with Crippen LogP contribution in [0.4, 0.5) is 13.2 Å². The summed E-state index contributed by atoms with van der Waals surface area (Å²) in [7, 11) is 0. The van der Waals surface area contributed by atoms with Crippen LogP contribution in [0.3, 0.4) is 0 Å². The van der Waals surface area contributed by atoms with Gasteiger partial charge in [-0.1, -0.05) is 17.7 Å². The van der Waals surface area contributed by atoms with E-state index < -0.39 is 35.4 Å². The lowest BCUT2D eigenvalue weighted by Crippen LogP contribution is -2.27. The molecule has 1 N–H and O–H groups in total. The molecular weight excluding hydrogens is 463 g/mol. The van der Waals surface area contributed by atoms with E-state index in [1.165, 1.54) is 38.1 Å². The fraction of sp³-hybridized carbons (Fsp3) is 0.261. The van der Waals surface area contributed by atoms with Crippen molar-refractivity contribution in [2.75, 3.05) is 13.2 Å². The summed E-state index contributed by atoms with van der Waals surface area (Å²) < 4.78 is 49.8. The number of benzene rings is 2. The summed E-state index contributed by atoms with van der Waals surface area (Å²) in [5.41, 5.74) is -1.23. The number of ether oxygens (including phenoxy) is 2. The highest BCUT2D eigenvalue weighted by atomic mass is 35.5. The van der Waals surface area contributed by atoms with Crippen LogP contribution in [0.5, 0.6) is 0 Å². The van der Waals surface area contributed by atoms with E-state index in [4.69, 9.17) is 21.1 Å². The zero-order valence-corrected chi connectivity index (χ0v) is 18.3. The number of hydrogen-bond acceptors (Lipinski definition) is 5. The number of H-pyrrole nitrogens is 1. The minimum absolute atomic E-state index is 0.0597. The molecule has 0 aliphatic rings. The first-order valence-corrected chi connectivity index (χ1v) is 10.3. The van der Waals surface area contributed by atoms with E-state index in [-0.39, 0.29) is 40.9 Å². The van der Waals surface area contributed by atoms with Crippen LogP contribution in [-0.2, 0) is 25.2 Å². The highest BCUT2D eigenvalue weighted by molar-refractivity contribution is 6.30. The average Bonchev–Trinajstić information content (AvgIpc) is 3.12. The predicted molar refractivity (Wildman–Crippen MR) is 114 cm³/mol. The number of carbonyl (C=O) groups is 3. The molecule has 0 bridgehead atoms. The second-order valence-corrected chi connectivity index (χ2v) is 7.38. The molecule has 3 aromatic rings. The Morgan fingerprint density at radius 1 is 0.970 bits per heavy atom. The van der Waals surface area contributed by atoms with E-state index in [0.717, 1.165) is 18.2 Å². The Kier molecular flexibility index (Phi) is 7.12. The monoisotopic (exact) mass is 481 g/mol. The molecule has 0 radical (unpaired) electrons. The van der Waals surface area contributed by atoms with Crippen LogP contribution < -0.4 is 0 Å². The highest BCUT2D eigenvalue weighted by Gasteiger charge is 2.38. The Morgan fingerprint density at radius 3 is 2.06 bits per heavy atom. The van der Waals surface area contributed by atoms with Gasteiger partial charge in [-0.3, -0.25) is 14.4 Å². The van der Waals surface area contributed by atoms with E-state index in [0.29, 0.717) is 5.02 Å². The SMILES string of the molecule is CCOC(=O)C(C(=O)OCC)c1c(C(=O)c2ccc(Cl)cc2)[nH]c2cc(C(F)(F)F)ccc12. The van der Waals surface area contributed by atoms with Gasteiger partial charge in [0.1, 0.15) is 0 Å². The first kappa shape index (κ1) is 24.3. The molecule has 6 nitrogen and oxygen atoms in total. The quantitative estimate of drug-likeness (QED) is 0.282. The maximum atomic E-state index is 13.3. The van der Waals surface area contributed by atoms with Gasteiger partial charge in [0, 0.05) is 27.1 Å². The van der Waals surface area contributed by atoms with Crippen molar-refractivity contribution in [1.29, 1.82) is 0 Å². The Labute approximate surface area is 191 Å². The lowest BCUT2D eigenvalue weighted by atomic mass is 9.92. The molecule has 174 valence electrons. The third-order valence-corrected chi connectivity index (χ3v) is 5.08. The lowest BCUT2D eigenvalue weighted by molar-refractivity contribution is -0.157. The Balaban J connectivity index is 2.29. The molecular formula is C23H19ClF3NO5. The van der Waals surface area contributed by atoms with E-state index in [9.17, 15) is 27.6 Å². The van der Waals surface area contributed by atoms with E-state index >= 15 is 0 Å². The number of esters is 2. The molecule has 2 aromatic carbocycles. The first-order valence-electron chi connectivity index (χ1n) is 9.94. The number of aromatic nitrogens is 1. The molecule has 33 heavy (non-hydrogen) atoms. The third-order valence-electron chi connectivity index (χ3n) is 4.83. The van der Waals surface area contributed by atoms with Crippen molar-refractivity contribution >= 4 is 40.2 Å². The molecule has 0 unspecified atom stereocenters. The van der Waals surface area contributed by atoms with E-state index in [2.05, 4.69) is 4.98 Å². The fourth-order valence-corrected chi connectivity index (χ4v) is 3.53. The van der Waals surface area contributed by atoms with Gasteiger partial charge in [-0.25, -0.2) is 0 Å². The molecule has 10 heteroatoms. The summed E-state index contributed by atoms with van der Waals surface area (Å²) in [6, 6.07) is 8.50. The molecule has 3 rings (SSSR count). The van der Waals surface area contributed by atoms with Gasteiger partial charge >= 0.3 is 18.1 Å². The van der Waals surface area contributed by atoms with Crippen LogP contribution in [0, 0.1) is 0 Å². The minimum atomic E-state index is -4.64. The van der Waals surface area contributed by atoms with Crippen LogP contribution in [0.25, 0.3) is 10.9 Å². The van der Waals surface area contributed by atoms with Crippen LogP contribution >= 0.6 is 11.6 Å². The van der Waals surface area contributed by atoms with Crippen molar-refractivity contribution in [3.63, 3.8) is 0 Å². The zero-order chi connectivity index (χ0) is 24.3. The van der Waals surface area contributed by atoms with Gasteiger partial charge in [-0.15, -0.1) is 0 Å². The van der Waals surface area contributed by atoms with Gasteiger partial charge in [-0.2, -0.15) is 13.2 Å². The topological polar surface area (TPSA) is 85.5 Å². The van der Waals surface area contributed by atoms with Crippen molar-refractivity contribution in [1.82, 2.24) is 4.98 Å². The van der Waals surface area contributed by atoms with Gasteiger partial charge in [0.15, 0.2) is 5.92 Å². The summed E-state index contributed by atoms with van der Waals surface area (Å²) in [6.07, 6.45) is -4.64. The largest absolute Gasteiger partial charge is 0.465 e. The van der Waals surface area contributed by atoms with Gasteiger partial charge in [0.25, 0.3) is 0 Å². The second kappa shape index (κ2) is 9.66. The maximum Gasteiger partial charge on any atom is 0.416 e. The molecule has 0 saturated heterocycles. The van der Waals surface area contributed by atoms with Crippen LogP contribution in [0.1, 0.15) is 46.9 Å². The van der Waals surface area contributed by atoms with Crippen molar-refractivity contribution in [2.24, 2.45) is 0 Å². The molecule has 0 amide bonds. The summed E-state index contributed by atoms with van der Waals surface area (Å²) in [4.78, 5) is 41.4. The standard InChI is InChI=1S/C23H19ClF3NO5/c1-3-32-21(30)18(22(31)33-4-2)17-15-10-7-13(23(25,26)27)11-16(15)28-19(17)20(29)12-5-8-14(24)9-6-12/h5-11,18,28H,3-4H2,1-2H3.